The van der Waals surface area contributed by atoms with Crippen LogP contribution in [0.5, 0.6) is 0 Å². The summed E-state index contributed by atoms with van der Waals surface area (Å²) < 4.78 is 1.52. The van der Waals surface area contributed by atoms with E-state index in [0.29, 0.717) is 15.2 Å². The molecule has 6 heteroatoms. The maximum absolute atomic E-state index is 11.1. The summed E-state index contributed by atoms with van der Waals surface area (Å²) in [5.41, 5.74) is 1.27. The molecule has 0 atom stereocenters. The third-order valence-corrected chi connectivity index (χ3v) is 5.16. The standard InChI is InChI=1S/C14H9Br2ClO2S/c15-9-2-1-8(13(17)5-9)7-20-10-3-4-12(16)11(6-10)14(18)19/h1-6H,7H2,(H,18,19). The van der Waals surface area contributed by atoms with Gasteiger partial charge in [0.2, 0.25) is 0 Å². The first-order valence-corrected chi connectivity index (χ1v) is 8.52. The number of thioether (sulfide) groups is 1. The van der Waals surface area contributed by atoms with Crippen molar-refractivity contribution in [1.82, 2.24) is 0 Å². The molecule has 0 unspecified atom stereocenters. The third-order valence-electron chi connectivity index (χ3n) is 2.58. The number of hydrogen-bond acceptors (Lipinski definition) is 2. The van der Waals surface area contributed by atoms with Crippen LogP contribution in [0.25, 0.3) is 0 Å². The smallest absolute Gasteiger partial charge is 0.336 e. The molecule has 0 amide bonds. The molecular weight excluding hydrogens is 427 g/mol. The van der Waals surface area contributed by atoms with Gasteiger partial charge in [0.05, 0.1) is 5.56 Å². The van der Waals surface area contributed by atoms with Gasteiger partial charge >= 0.3 is 5.97 Å². The molecule has 0 bridgehead atoms. The number of hydrogen-bond donors (Lipinski definition) is 1. The van der Waals surface area contributed by atoms with E-state index in [9.17, 15) is 4.79 Å². The zero-order valence-electron chi connectivity index (χ0n) is 10.1. The van der Waals surface area contributed by atoms with Crippen LogP contribution >= 0.6 is 55.2 Å². The molecule has 0 saturated heterocycles. The Morgan fingerprint density at radius 1 is 1.20 bits per heavy atom. The van der Waals surface area contributed by atoms with Gasteiger partial charge in [-0.05, 0) is 51.8 Å². The highest BCUT2D eigenvalue weighted by molar-refractivity contribution is 9.10. The number of rotatable bonds is 4. The van der Waals surface area contributed by atoms with Gasteiger partial charge in [-0.1, -0.05) is 33.6 Å². The highest BCUT2D eigenvalue weighted by Gasteiger charge is 2.10. The number of carboxylic acids is 1. The molecule has 2 nitrogen and oxygen atoms in total. The Bertz CT molecular complexity index is 662. The summed E-state index contributed by atoms with van der Waals surface area (Å²) in [6, 6.07) is 11.0. The molecule has 0 heterocycles. The van der Waals surface area contributed by atoms with Crippen LogP contribution in [0.2, 0.25) is 5.02 Å². The van der Waals surface area contributed by atoms with Crippen molar-refractivity contribution in [1.29, 1.82) is 0 Å². The third kappa shape index (κ3) is 4.01. The lowest BCUT2D eigenvalue weighted by Crippen LogP contribution is -1.97. The fourth-order valence-electron chi connectivity index (χ4n) is 1.56. The van der Waals surface area contributed by atoms with Crippen molar-refractivity contribution >= 4 is 61.2 Å². The quantitative estimate of drug-likeness (QED) is 0.611. The Balaban J connectivity index is 2.15. The van der Waals surface area contributed by atoms with Crippen LogP contribution in [0.4, 0.5) is 0 Å². The number of aromatic carboxylic acids is 1. The van der Waals surface area contributed by atoms with Gasteiger partial charge in [0.25, 0.3) is 0 Å². The lowest BCUT2D eigenvalue weighted by molar-refractivity contribution is 0.0695. The number of carboxylic acid groups (broad SMARTS) is 1. The van der Waals surface area contributed by atoms with Crippen LogP contribution in [0.15, 0.2) is 50.2 Å². The average Bonchev–Trinajstić information content (AvgIpc) is 2.39. The molecule has 0 aromatic heterocycles. The Morgan fingerprint density at radius 2 is 1.95 bits per heavy atom. The van der Waals surface area contributed by atoms with Crippen LogP contribution in [0.1, 0.15) is 15.9 Å². The van der Waals surface area contributed by atoms with Gasteiger partial charge in [-0.15, -0.1) is 11.8 Å². The molecule has 0 aliphatic carbocycles. The van der Waals surface area contributed by atoms with Crippen molar-refractivity contribution in [3.8, 4) is 0 Å². The number of carbonyl (C=O) groups is 1. The minimum atomic E-state index is -0.944. The highest BCUT2D eigenvalue weighted by atomic mass is 79.9. The van der Waals surface area contributed by atoms with E-state index >= 15 is 0 Å². The summed E-state index contributed by atoms with van der Waals surface area (Å²) >= 11 is 14.3. The molecule has 0 radical (unpaired) electrons. The zero-order valence-corrected chi connectivity index (χ0v) is 14.8. The number of benzene rings is 2. The minimum absolute atomic E-state index is 0.261. The summed E-state index contributed by atoms with van der Waals surface area (Å²) in [6.45, 7) is 0. The summed E-state index contributed by atoms with van der Waals surface area (Å²) in [7, 11) is 0. The molecule has 20 heavy (non-hydrogen) atoms. The molecule has 0 saturated carbocycles. The van der Waals surface area contributed by atoms with Gasteiger partial charge in [-0.2, -0.15) is 0 Å². The first kappa shape index (κ1) is 15.9. The van der Waals surface area contributed by atoms with Crippen LogP contribution in [0, 0.1) is 0 Å². The molecule has 2 aromatic rings. The SMILES string of the molecule is O=C(O)c1cc(SCc2ccc(Br)cc2Cl)ccc1Br. The van der Waals surface area contributed by atoms with Crippen LogP contribution in [-0.2, 0) is 5.75 Å². The van der Waals surface area contributed by atoms with Gasteiger partial charge in [0.1, 0.15) is 0 Å². The van der Waals surface area contributed by atoms with Crippen molar-refractivity contribution in [2.24, 2.45) is 0 Å². The normalized spacial score (nSPS) is 10.6. The summed E-state index contributed by atoms with van der Waals surface area (Å²) in [5.74, 6) is -0.256. The second kappa shape index (κ2) is 6.98. The van der Waals surface area contributed by atoms with E-state index in [4.69, 9.17) is 16.7 Å². The predicted molar refractivity (Wildman–Crippen MR) is 89.8 cm³/mol. The summed E-state index contributed by atoms with van der Waals surface area (Å²) in [5, 5.41) is 9.78. The molecule has 2 aromatic carbocycles. The molecule has 0 fully saturated rings. The molecule has 0 aliphatic rings. The van der Waals surface area contributed by atoms with Crippen LogP contribution < -0.4 is 0 Å². The zero-order chi connectivity index (χ0) is 14.7. The fourth-order valence-corrected chi connectivity index (χ4v) is 3.73. The minimum Gasteiger partial charge on any atom is -0.478 e. The molecule has 0 aliphatic heterocycles. The van der Waals surface area contributed by atoms with Gasteiger partial charge < -0.3 is 5.11 Å². The first-order chi connectivity index (χ1) is 9.47. The van der Waals surface area contributed by atoms with E-state index in [1.165, 1.54) is 0 Å². The topological polar surface area (TPSA) is 37.3 Å². The molecule has 104 valence electrons. The highest BCUT2D eigenvalue weighted by Crippen LogP contribution is 2.30. The van der Waals surface area contributed by atoms with Gasteiger partial charge in [-0.3, -0.25) is 0 Å². The molecule has 0 spiro atoms. The number of halogens is 3. The van der Waals surface area contributed by atoms with E-state index in [-0.39, 0.29) is 5.56 Å². The van der Waals surface area contributed by atoms with E-state index < -0.39 is 5.97 Å². The van der Waals surface area contributed by atoms with Gasteiger partial charge in [0, 0.05) is 24.6 Å². The van der Waals surface area contributed by atoms with Gasteiger partial charge in [0.15, 0.2) is 0 Å². The monoisotopic (exact) mass is 434 g/mol. The maximum atomic E-state index is 11.1. The Kier molecular flexibility index (Phi) is 5.55. The van der Waals surface area contributed by atoms with Crippen molar-refractivity contribution in [3.05, 3.63) is 61.5 Å². The second-order valence-electron chi connectivity index (χ2n) is 3.97. The van der Waals surface area contributed by atoms with Gasteiger partial charge in [-0.25, -0.2) is 4.79 Å². The Labute approximate surface area is 142 Å². The van der Waals surface area contributed by atoms with E-state index in [1.54, 1.807) is 23.9 Å². The molecular formula is C14H9Br2ClO2S. The summed E-state index contributed by atoms with van der Waals surface area (Å²) in [4.78, 5) is 12.0. The summed E-state index contributed by atoms with van der Waals surface area (Å²) in [6.07, 6.45) is 0. The first-order valence-electron chi connectivity index (χ1n) is 5.57. The van der Waals surface area contributed by atoms with Crippen molar-refractivity contribution in [3.63, 3.8) is 0 Å². The Hall–Kier alpha value is -0.490. The van der Waals surface area contributed by atoms with E-state index in [0.717, 1.165) is 14.9 Å². The van der Waals surface area contributed by atoms with E-state index in [2.05, 4.69) is 31.9 Å². The molecule has 1 N–H and O–H groups in total. The second-order valence-corrected chi connectivity index (χ2v) is 7.20. The lowest BCUT2D eigenvalue weighted by atomic mass is 10.2. The van der Waals surface area contributed by atoms with Crippen molar-refractivity contribution < 1.29 is 9.90 Å². The molecule has 2 rings (SSSR count). The maximum Gasteiger partial charge on any atom is 0.336 e. The van der Waals surface area contributed by atoms with Crippen molar-refractivity contribution in [2.45, 2.75) is 10.6 Å². The van der Waals surface area contributed by atoms with Crippen molar-refractivity contribution in [2.75, 3.05) is 0 Å². The largest absolute Gasteiger partial charge is 0.478 e. The average molecular weight is 437 g/mol. The fraction of sp³-hybridized carbons (Fsp3) is 0.0714. The van der Waals surface area contributed by atoms with Crippen LogP contribution in [-0.4, -0.2) is 11.1 Å². The van der Waals surface area contributed by atoms with Crippen LogP contribution in [0.3, 0.4) is 0 Å². The Morgan fingerprint density at radius 3 is 2.60 bits per heavy atom. The van der Waals surface area contributed by atoms with E-state index in [1.807, 2.05) is 24.3 Å². The predicted octanol–water partition coefficient (Wildman–Crippen LogP) is 5.86. The lowest BCUT2D eigenvalue weighted by Gasteiger charge is -2.07.